The zero-order valence-electron chi connectivity index (χ0n) is 17.8. The lowest BCUT2D eigenvalue weighted by Crippen LogP contribution is -2.42. The van der Waals surface area contributed by atoms with E-state index in [9.17, 15) is 43.0 Å². The van der Waals surface area contributed by atoms with Crippen molar-refractivity contribution in [2.24, 2.45) is 11.1 Å². The highest BCUT2D eigenvalue weighted by Gasteiger charge is 2.40. The highest BCUT2D eigenvalue weighted by atomic mass is 19.4. The third kappa shape index (κ3) is 5.40. The Kier molecular flexibility index (Phi) is 7.02. The minimum absolute atomic E-state index is 0.0113. The van der Waals surface area contributed by atoms with Crippen LogP contribution >= 0.6 is 0 Å². The van der Waals surface area contributed by atoms with Crippen molar-refractivity contribution in [2.75, 3.05) is 24.5 Å². The smallest absolute Gasteiger partial charge is 0.390 e. The minimum atomic E-state index is -5.00. The number of carbonyl (C=O) groups is 2. The van der Waals surface area contributed by atoms with E-state index in [0.29, 0.717) is 0 Å². The number of piperidine rings is 1. The molecule has 1 amide bonds. The zero-order chi connectivity index (χ0) is 25.2. The molecule has 0 aliphatic carbocycles. The van der Waals surface area contributed by atoms with Gasteiger partial charge in [0.2, 0.25) is 5.91 Å². The van der Waals surface area contributed by atoms with Crippen LogP contribution in [0.15, 0.2) is 17.3 Å². The Hall–Kier alpha value is -3.78. The van der Waals surface area contributed by atoms with Crippen LogP contribution in [0.1, 0.15) is 31.7 Å². The van der Waals surface area contributed by atoms with Crippen LogP contribution in [-0.4, -0.2) is 53.0 Å². The van der Waals surface area contributed by atoms with Crippen LogP contribution in [-0.2, 0) is 20.6 Å². The molecule has 34 heavy (non-hydrogen) atoms. The maximum absolute atomic E-state index is 13.1. The predicted molar refractivity (Wildman–Crippen MR) is 110 cm³/mol. The van der Waals surface area contributed by atoms with Crippen molar-refractivity contribution in [3.05, 3.63) is 37.9 Å². The van der Waals surface area contributed by atoms with Gasteiger partial charge in [0.15, 0.2) is 17.6 Å². The summed E-state index contributed by atoms with van der Waals surface area (Å²) in [5.74, 6) is -1.08. The molecule has 184 valence electrons. The number of rotatable bonds is 7. The summed E-state index contributed by atoms with van der Waals surface area (Å²) in [7, 11) is 0. The lowest BCUT2D eigenvalue weighted by molar-refractivity contribution is -0.393. The number of hydrogen-bond donors (Lipinski definition) is 1. The highest BCUT2D eigenvalue weighted by Crippen LogP contribution is 2.44. The maximum Gasteiger partial charge on any atom is 0.416 e. The van der Waals surface area contributed by atoms with E-state index in [-0.39, 0.29) is 68.4 Å². The van der Waals surface area contributed by atoms with Crippen LogP contribution in [0.4, 0.5) is 30.2 Å². The molecular weight excluding hydrogens is 467 g/mol. The molecular formula is C19H20F3N5O7. The standard InChI is InChI=1S/C19H20F3N5O7/c1-10(28)14-8-13(34-24-14)9-23-18(29)11-2-4-25(5-3-11)17-15(26(30)31)6-12(19(20,21)22)7-16(17)27(32)33/h6-7,11,13H,2-5,8-9H2,1H3,(H,23,29)/t13-/m1/s1. The van der Waals surface area contributed by atoms with E-state index in [1.54, 1.807) is 0 Å². The SMILES string of the molecule is CC(=O)C1=NO[C@@H](CNC(=O)C2CCN(c3c([N+](=O)[O-])cc(C(F)(F)F)cc3[N+](=O)[O-])CC2)C1. The number of amides is 1. The molecule has 1 aromatic rings. The molecule has 2 aliphatic rings. The first-order valence-corrected chi connectivity index (χ1v) is 10.2. The fourth-order valence-corrected chi connectivity index (χ4v) is 3.84. The second kappa shape index (κ2) is 9.61. The molecule has 0 aromatic heterocycles. The van der Waals surface area contributed by atoms with Crippen molar-refractivity contribution in [3.8, 4) is 0 Å². The van der Waals surface area contributed by atoms with Crippen LogP contribution in [0.25, 0.3) is 0 Å². The molecule has 1 saturated heterocycles. The number of nitrogens with zero attached hydrogens (tertiary/aromatic N) is 4. The lowest BCUT2D eigenvalue weighted by Gasteiger charge is -2.32. The summed E-state index contributed by atoms with van der Waals surface area (Å²) in [6, 6.07) is 0.556. The molecule has 0 radical (unpaired) electrons. The summed E-state index contributed by atoms with van der Waals surface area (Å²) in [5.41, 5.74) is -3.79. The van der Waals surface area contributed by atoms with Gasteiger partial charge in [-0.1, -0.05) is 5.16 Å². The number of Topliss-reactive ketones (excluding diaryl/α,β-unsaturated/α-hetero) is 1. The van der Waals surface area contributed by atoms with Crippen LogP contribution in [0.3, 0.4) is 0 Å². The number of nitrogens with one attached hydrogen (secondary N) is 1. The molecule has 3 rings (SSSR count). The average molecular weight is 487 g/mol. The van der Waals surface area contributed by atoms with Crippen molar-refractivity contribution >= 4 is 34.5 Å². The molecule has 1 aromatic carbocycles. The molecule has 0 bridgehead atoms. The maximum atomic E-state index is 13.1. The monoisotopic (exact) mass is 487 g/mol. The fraction of sp³-hybridized carbons (Fsp3) is 0.526. The van der Waals surface area contributed by atoms with E-state index in [4.69, 9.17) is 4.84 Å². The fourth-order valence-electron chi connectivity index (χ4n) is 3.84. The van der Waals surface area contributed by atoms with Crippen molar-refractivity contribution in [3.63, 3.8) is 0 Å². The van der Waals surface area contributed by atoms with Crippen LogP contribution in [0, 0.1) is 26.1 Å². The molecule has 1 atom stereocenters. The van der Waals surface area contributed by atoms with Gasteiger partial charge in [0.05, 0.1) is 22.0 Å². The molecule has 0 saturated carbocycles. The van der Waals surface area contributed by atoms with E-state index < -0.39 is 50.7 Å². The second-order valence-corrected chi connectivity index (χ2v) is 7.91. The number of ketones is 1. The van der Waals surface area contributed by atoms with Gasteiger partial charge in [-0.2, -0.15) is 13.2 Å². The van der Waals surface area contributed by atoms with Crippen LogP contribution in [0.2, 0.25) is 0 Å². The van der Waals surface area contributed by atoms with E-state index in [0.717, 1.165) is 0 Å². The minimum Gasteiger partial charge on any atom is -0.390 e. The Balaban J connectivity index is 1.68. The predicted octanol–water partition coefficient (Wildman–Crippen LogP) is 2.59. The molecule has 0 spiro atoms. The van der Waals surface area contributed by atoms with Gasteiger partial charge in [-0.15, -0.1) is 0 Å². The van der Waals surface area contributed by atoms with Crippen molar-refractivity contribution in [1.29, 1.82) is 0 Å². The highest BCUT2D eigenvalue weighted by molar-refractivity contribution is 6.39. The summed E-state index contributed by atoms with van der Waals surface area (Å²) >= 11 is 0. The summed E-state index contributed by atoms with van der Waals surface area (Å²) in [4.78, 5) is 50.8. The average Bonchev–Trinajstić information content (AvgIpc) is 3.25. The van der Waals surface area contributed by atoms with E-state index in [1.165, 1.54) is 11.8 Å². The first-order chi connectivity index (χ1) is 15.9. The quantitative estimate of drug-likeness (QED) is 0.454. The molecule has 1 fully saturated rings. The number of alkyl halides is 3. The molecule has 2 heterocycles. The van der Waals surface area contributed by atoms with Crippen molar-refractivity contribution in [1.82, 2.24) is 5.32 Å². The Morgan fingerprint density at radius 1 is 1.18 bits per heavy atom. The van der Waals surface area contributed by atoms with E-state index in [1.807, 2.05) is 0 Å². The summed E-state index contributed by atoms with van der Waals surface area (Å²) in [6.07, 6.45) is -4.89. The number of carbonyl (C=O) groups excluding carboxylic acids is 2. The van der Waals surface area contributed by atoms with Crippen LogP contribution in [0.5, 0.6) is 0 Å². The third-order valence-electron chi connectivity index (χ3n) is 5.62. The van der Waals surface area contributed by atoms with E-state index >= 15 is 0 Å². The number of hydrogen-bond acceptors (Lipinski definition) is 9. The first kappa shape index (κ1) is 24.9. The van der Waals surface area contributed by atoms with Crippen molar-refractivity contribution in [2.45, 2.75) is 38.5 Å². The van der Waals surface area contributed by atoms with Crippen LogP contribution < -0.4 is 10.2 Å². The van der Waals surface area contributed by atoms with Crippen molar-refractivity contribution < 1.29 is 37.4 Å². The summed E-state index contributed by atoms with van der Waals surface area (Å²) in [6.45, 7) is 1.43. The number of nitro groups is 2. The van der Waals surface area contributed by atoms with Gasteiger partial charge >= 0.3 is 6.18 Å². The van der Waals surface area contributed by atoms with Gasteiger partial charge in [-0.05, 0) is 12.8 Å². The zero-order valence-corrected chi connectivity index (χ0v) is 17.8. The topological polar surface area (TPSA) is 157 Å². The van der Waals surface area contributed by atoms with Gasteiger partial charge in [0.1, 0.15) is 5.71 Å². The molecule has 12 nitrogen and oxygen atoms in total. The number of nitro benzene ring substituents is 2. The van der Waals surface area contributed by atoms with Gasteiger partial charge in [0.25, 0.3) is 11.4 Å². The third-order valence-corrected chi connectivity index (χ3v) is 5.62. The van der Waals surface area contributed by atoms with E-state index in [2.05, 4.69) is 10.5 Å². The molecule has 1 N–H and O–H groups in total. The molecule has 15 heteroatoms. The molecule has 0 unspecified atom stereocenters. The number of anilines is 1. The normalized spacial score (nSPS) is 18.8. The van der Waals surface area contributed by atoms with Gasteiger partial charge < -0.3 is 15.1 Å². The van der Waals surface area contributed by atoms with Gasteiger partial charge in [-0.3, -0.25) is 29.8 Å². The Labute approximate surface area is 190 Å². The number of benzene rings is 1. The Morgan fingerprint density at radius 2 is 1.74 bits per heavy atom. The van der Waals surface area contributed by atoms with Gasteiger partial charge in [-0.25, -0.2) is 0 Å². The number of oxime groups is 1. The summed E-state index contributed by atoms with van der Waals surface area (Å²) < 4.78 is 39.3. The van der Waals surface area contributed by atoms with Gasteiger partial charge in [0, 0.05) is 44.5 Å². The second-order valence-electron chi connectivity index (χ2n) is 7.91. The largest absolute Gasteiger partial charge is 0.416 e. The lowest BCUT2D eigenvalue weighted by atomic mass is 9.94. The number of halogens is 3. The Bertz CT molecular complexity index is 1020. The first-order valence-electron chi connectivity index (χ1n) is 10.2. The summed E-state index contributed by atoms with van der Waals surface area (Å²) in [5, 5.41) is 29.2. The molecule has 2 aliphatic heterocycles. The Morgan fingerprint density at radius 3 is 2.18 bits per heavy atom.